The van der Waals surface area contributed by atoms with Crippen molar-refractivity contribution in [2.75, 3.05) is 6.61 Å². The molecule has 6 nitrogen and oxygen atoms in total. The number of hydrogen-bond donors (Lipinski definition) is 0. The fourth-order valence-electron chi connectivity index (χ4n) is 2.51. The van der Waals surface area contributed by atoms with Crippen LogP contribution in [0.4, 0.5) is 0 Å². The largest absolute Gasteiger partial charge is 0.462 e. The van der Waals surface area contributed by atoms with E-state index in [9.17, 15) is 13.2 Å². The molecule has 0 spiro atoms. The van der Waals surface area contributed by atoms with E-state index in [0.717, 1.165) is 5.56 Å². The predicted molar refractivity (Wildman–Crippen MR) is 96.7 cm³/mol. The van der Waals surface area contributed by atoms with Gasteiger partial charge in [0.1, 0.15) is 10.6 Å². The van der Waals surface area contributed by atoms with Gasteiger partial charge in [0.15, 0.2) is 0 Å². The Bertz CT molecular complexity index is 1080. The summed E-state index contributed by atoms with van der Waals surface area (Å²) in [5, 5.41) is 0.704. The summed E-state index contributed by atoms with van der Waals surface area (Å²) in [4.78, 5) is 16.0. The van der Waals surface area contributed by atoms with Crippen LogP contribution < -0.4 is 4.18 Å². The van der Waals surface area contributed by atoms with Crippen molar-refractivity contribution in [2.45, 2.75) is 18.7 Å². The summed E-state index contributed by atoms with van der Waals surface area (Å²) in [6, 6.07) is 12.6. The zero-order chi connectivity index (χ0) is 18.7. The molecule has 3 aromatic rings. The van der Waals surface area contributed by atoms with E-state index in [1.807, 2.05) is 13.0 Å². The fourth-order valence-corrected chi connectivity index (χ4v) is 3.60. The summed E-state index contributed by atoms with van der Waals surface area (Å²) in [6.07, 6.45) is 1.60. The number of benzene rings is 2. The third kappa shape index (κ3) is 3.67. The summed E-state index contributed by atoms with van der Waals surface area (Å²) in [5.74, 6) is -0.516. The topological polar surface area (TPSA) is 82.6 Å². The van der Waals surface area contributed by atoms with Crippen molar-refractivity contribution >= 4 is 27.0 Å². The van der Waals surface area contributed by atoms with Gasteiger partial charge in [-0.2, -0.15) is 8.42 Å². The van der Waals surface area contributed by atoms with E-state index in [-0.39, 0.29) is 22.8 Å². The van der Waals surface area contributed by atoms with Crippen LogP contribution in [-0.4, -0.2) is 26.0 Å². The number of para-hydroxylation sites is 1. The first kappa shape index (κ1) is 17.9. The first-order valence-electron chi connectivity index (χ1n) is 7.98. The van der Waals surface area contributed by atoms with Gasteiger partial charge in [-0.05, 0) is 49.7 Å². The van der Waals surface area contributed by atoms with Gasteiger partial charge in [0, 0.05) is 11.6 Å². The van der Waals surface area contributed by atoms with Gasteiger partial charge in [0.25, 0.3) is 0 Å². The number of fused-ring (bicyclic) bond motifs is 1. The Morgan fingerprint density at radius 1 is 1.12 bits per heavy atom. The van der Waals surface area contributed by atoms with Crippen LogP contribution >= 0.6 is 0 Å². The van der Waals surface area contributed by atoms with Crippen molar-refractivity contribution in [3.63, 3.8) is 0 Å². The number of hydrogen-bond acceptors (Lipinski definition) is 6. The second-order valence-electron chi connectivity index (χ2n) is 5.63. The molecule has 3 rings (SSSR count). The minimum absolute atomic E-state index is 0.0275. The van der Waals surface area contributed by atoms with Crippen molar-refractivity contribution < 1.29 is 22.1 Å². The van der Waals surface area contributed by atoms with Crippen LogP contribution in [0, 0.1) is 6.92 Å². The number of aromatic nitrogens is 1. The number of rotatable bonds is 5. The molecule has 0 bridgehead atoms. The molecule has 26 heavy (non-hydrogen) atoms. The predicted octanol–water partition coefficient (Wildman–Crippen LogP) is 3.49. The van der Waals surface area contributed by atoms with E-state index in [1.165, 1.54) is 30.3 Å². The maximum atomic E-state index is 12.7. The van der Waals surface area contributed by atoms with Gasteiger partial charge < -0.3 is 8.92 Å². The van der Waals surface area contributed by atoms with E-state index in [1.54, 1.807) is 25.3 Å². The maximum absolute atomic E-state index is 12.7. The van der Waals surface area contributed by atoms with Crippen molar-refractivity contribution in [2.24, 2.45) is 0 Å². The summed E-state index contributed by atoms with van der Waals surface area (Å²) in [6.45, 7) is 3.80. The second-order valence-corrected chi connectivity index (χ2v) is 7.14. The number of esters is 1. The van der Waals surface area contributed by atoms with Crippen molar-refractivity contribution in [1.29, 1.82) is 0 Å². The summed E-state index contributed by atoms with van der Waals surface area (Å²) >= 11 is 0. The zero-order valence-corrected chi connectivity index (χ0v) is 15.1. The van der Waals surface area contributed by atoms with Gasteiger partial charge in [-0.25, -0.2) is 4.79 Å². The number of pyridine rings is 1. The first-order chi connectivity index (χ1) is 12.4. The Morgan fingerprint density at radius 2 is 1.88 bits per heavy atom. The minimum atomic E-state index is -4.12. The molecule has 0 radical (unpaired) electrons. The lowest BCUT2D eigenvalue weighted by atomic mass is 10.2. The molecular weight excluding hydrogens is 354 g/mol. The lowest BCUT2D eigenvalue weighted by molar-refractivity contribution is 0.0526. The van der Waals surface area contributed by atoms with E-state index >= 15 is 0 Å². The third-order valence-corrected chi connectivity index (χ3v) is 4.91. The Labute approximate surface area is 151 Å². The number of ether oxygens (including phenoxy) is 1. The molecule has 134 valence electrons. The van der Waals surface area contributed by atoms with Gasteiger partial charge in [0.2, 0.25) is 0 Å². The molecule has 0 saturated heterocycles. The van der Waals surface area contributed by atoms with Gasteiger partial charge in [-0.1, -0.05) is 18.2 Å². The minimum Gasteiger partial charge on any atom is -0.462 e. The van der Waals surface area contributed by atoms with Crippen LogP contribution in [0.15, 0.2) is 59.6 Å². The molecule has 1 heterocycles. The van der Waals surface area contributed by atoms with Crippen molar-refractivity contribution in [1.82, 2.24) is 4.98 Å². The van der Waals surface area contributed by atoms with Crippen LogP contribution in [0.2, 0.25) is 0 Å². The number of carbonyl (C=O) groups excluding carboxylic acids is 1. The molecule has 7 heteroatoms. The van der Waals surface area contributed by atoms with E-state index in [4.69, 9.17) is 8.92 Å². The van der Waals surface area contributed by atoms with Crippen LogP contribution in [-0.2, 0) is 14.9 Å². The quantitative estimate of drug-likeness (QED) is 0.504. The van der Waals surface area contributed by atoms with Crippen molar-refractivity contribution in [3.8, 4) is 5.75 Å². The highest BCUT2D eigenvalue weighted by Crippen LogP contribution is 2.25. The summed E-state index contributed by atoms with van der Waals surface area (Å²) < 4.78 is 35.6. The molecule has 0 fully saturated rings. The lowest BCUT2D eigenvalue weighted by Gasteiger charge is -2.10. The van der Waals surface area contributed by atoms with Gasteiger partial charge in [-0.15, -0.1) is 0 Å². The highest BCUT2D eigenvalue weighted by atomic mass is 32.2. The molecular formula is C19H17NO5S. The van der Waals surface area contributed by atoms with Crippen LogP contribution in [0.5, 0.6) is 5.75 Å². The van der Waals surface area contributed by atoms with E-state index < -0.39 is 16.1 Å². The molecule has 0 atom stereocenters. The SMILES string of the molecule is CCOC(=O)c1cccc(OS(=O)(=O)c2cccc3cc(C)cnc23)c1. The van der Waals surface area contributed by atoms with Gasteiger partial charge in [0.05, 0.1) is 17.7 Å². The Hall–Kier alpha value is -2.93. The second kappa shape index (κ2) is 7.13. The maximum Gasteiger partial charge on any atom is 0.341 e. The molecule has 0 N–H and O–H groups in total. The molecule has 0 aliphatic heterocycles. The van der Waals surface area contributed by atoms with Gasteiger partial charge >= 0.3 is 16.1 Å². The Kier molecular flexibility index (Phi) is 4.90. The summed E-state index contributed by atoms with van der Waals surface area (Å²) in [5.41, 5.74) is 1.47. The van der Waals surface area contributed by atoms with Crippen molar-refractivity contribution in [3.05, 3.63) is 65.9 Å². The smallest absolute Gasteiger partial charge is 0.341 e. The number of carbonyl (C=O) groups is 1. The van der Waals surface area contributed by atoms with Gasteiger partial charge in [-0.3, -0.25) is 4.98 Å². The molecule has 0 unspecified atom stereocenters. The Morgan fingerprint density at radius 3 is 2.65 bits per heavy atom. The fraction of sp³-hybridized carbons (Fsp3) is 0.158. The van der Waals surface area contributed by atoms with Crippen LogP contribution in [0.25, 0.3) is 10.9 Å². The summed E-state index contributed by atoms with van der Waals surface area (Å²) in [7, 11) is -4.12. The molecule has 0 amide bonds. The monoisotopic (exact) mass is 371 g/mol. The molecule has 0 saturated carbocycles. The van der Waals surface area contributed by atoms with E-state index in [0.29, 0.717) is 10.9 Å². The number of aryl methyl sites for hydroxylation is 1. The average molecular weight is 371 g/mol. The zero-order valence-electron chi connectivity index (χ0n) is 14.3. The third-order valence-electron chi connectivity index (χ3n) is 3.63. The highest BCUT2D eigenvalue weighted by Gasteiger charge is 2.21. The molecule has 0 aliphatic carbocycles. The number of nitrogens with zero attached hydrogens (tertiary/aromatic N) is 1. The highest BCUT2D eigenvalue weighted by molar-refractivity contribution is 7.87. The van der Waals surface area contributed by atoms with Crippen LogP contribution in [0.1, 0.15) is 22.8 Å². The standard InChI is InChI=1S/C19H17NO5S/c1-3-24-19(21)15-7-4-8-16(11-15)25-26(22,23)17-9-5-6-14-10-13(2)12-20-18(14)17/h4-12H,3H2,1-2H3. The molecule has 1 aromatic heterocycles. The van der Waals surface area contributed by atoms with Crippen LogP contribution in [0.3, 0.4) is 0 Å². The Balaban J connectivity index is 1.98. The lowest BCUT2D eigenvalue weighted by Crippen LogP contribution is -2.11. The molecule has 2 aromatic carbocycles. The normalized spacial score (nSPS) is 11.3. The first-order valence-corrected chi connectivity index (χ1v) is 9.38. The molecule has 0 aliphatic rings. The average Bonchev–Trinajstić information content (AvgIpc) is 2.61. The van der Waals surface area contributed by atoms with E-state index in [2.05, 4.69) is 4.98 Å².